The summed E-state index contributed by atoms with van der Waals surface area (Å²) in [7, 11) is 0. The third kappa shape index (κ3) is 5.63. The highest BCUT2D eigenvalue weighted by Gasteiger charge is 2.27. The summed E-state index contributed by atoms with van der Waals surface area (Å²) in [6.45, 7) is 8.46. The lowest BCUT2D eigenvalue weighted by Gasteiger charge is -2.34. The second-order valence-electron chi connectivity index (χ2n) is 6.42. The molecule has 21 heavy (non-hydrogen) atoms. The Labute approximate surface area is 130 Å². The molecule has 118 valence electrons. The van der Waals surface area contributed by atoms with Gasteiger partial charge in [0.1, 0.15) is 5.60 Å². The van der Waals surface area contributed by atoms with Crippen molar-refractivity contribution in [2.75, 3.05) is 19.7 Å². The Morgan fingerprint density at radius 2 is 2.33 bits per heavy atom. The second-order valence-corrected chi connectivity index (χ2v) is 7.39. The summed E-state index contributed by atoms with van der Waals surface area (Å²) >= 11 is 1.60. The maximum atomic E-state index is 12.1. The molecule has 0 aliphatic carbocycles. The van der Waals surface area contributed by atoms with E-state index in [2.05, 4.69) is 4.98 Å². The van der Waals surface area contributed by atoms with E-state index >= 15 is 0 Å². The van der Waals surface area contributed by atoms with Gasteiger partial charge in [-0.15, -0.1) is 11.3 Å². The average Bonchev–Trinajstić information content (AvgIpc) is 2.90. The SMILES string of the molecule is CC(C)(C)OC(=O)N1CCC[C@@H](COCc2cncs2)C1. The lowest BCUT2D eigenvalue weighted by Crippen LogP contribution is -2.43. The number of ether oxygens (including phenoxy) is 2. The number of hydrogen-bond acceptors (Lipinski definition) is 5. The van der Waals surface area contributed by atoms with Crippen LogP contribution in [0.25, 0.3) is 0 Å². The van der Waals surface area contributed by atoms with E-state index in [1.807, 2.05) is 32.5 Å². The fourth-order valence-corrected chi connectivity index (χ4v) is 2.86. The smallest absolute Gasteiger partial charge is 0.410 e. The summed E-state index contributed by atoms with van der Waals surface area (Å²) in [4.78, 5) is 19.0. The van der Waals surface area contributed by atoms with E-state index in [1.54, 1.807) is 16.2 Å². The van der Waals surface area contributed by atoms with Gasteiger partial charge in [-0.1, -0.05) is 0 Å². The molecular weight excluding hydrogens is 288 g/mol. The van der Waals surface area contributed by atoms with Gasteiger partial charge in [0, 0.05) is 25.2 Å². The molecular formula is C15H24N2O3S. The van der Waals surface area contributed by atoms with Gasteiger partial charge < -0.3 is 14.4 Å². The molecule has 0 spiro atoms. The van der Waals surface area contributed by atoms with Crippen LogP contribution in [0.2, 0.25) is 0 Å². The fraction of sp³-hybridized carbons (Fsp3) is 0.733. The minimum absolute atomic E-state index is 0.213. The van der Waals surface area contributed by atoms with E-state index in [0.717, 1.165) is 30.8 Å². The van der Waals surface area contributed by atoms with Gasteiger partial charge in [0.15, 0.2) is 0 Å². The molecule has 0 bridgehead atoms. The molecule has 1 aromatic rings. The number of carbonyl (C=O) groups is 1. The first-order chi connectivity index (χ1) is 9.94. The van der Waals surface area contributed by atoms with Crippen LogP contribution < -0.4 is 0 Å². The van der Waals surface area contributed by atoms with Gasteiger partial charge in [-0.2, -0.15) is 0 Å². The predicted molar refractivity (Wildman–Crippen MR) is 82.3 cm³/mol. The predicted octanol–water partition coefficient (Wildman–Crippen LogP) is 3.31. The molecule has 2 rings (SSSR count). The van der Waals surface area contributed by atoms with Crippen LogP contribution in [0, 0.1) is 5.92 Å². The normalized spacial score (nSPS) is 19.6. The third-order valence-corrected chi connectivity index (χ3v) is 4.01. The number of hydrogen-bond donors (Lipinski definition) is 0. The zero-order valence-corrected chi connectivity index (χ0v) is 13.8. The van der Waals surface area contributed by atoms with Crippen LogP contribution in [0.3, 0.4) is 0 Å². The molecule has 1 amide bonds. The molecule has 5 nitrogen and oxygen atoms in total. The van der Waals surface area contributed by atoms with Crippen LogP contribution in [0.15, 0.2) is 11.7 Å². The molecule has 2 heterocycles. The molecule has 0 N–H and O–H groups in total. The minimum atomic E-state index is -0.438. The van der Waals surface area contributed by atoms with Crippen molar-refractivity contribution < 1.29 is 14.3 Å². The molecule has 0 saturated carbocycles. The zero-order chi connectivity index (χ0) is 15.3. The van der Waals surface area contributed by atoms with Crippen LogP contribution in [-0.2, 0) is 16.1 Å². The summed E-state index contributed by atoms with van der Waals surface area (Å²) < 4.78 is 11.2. The molecule has 0 aromatic carbocycles. The highest BCUT2D eigenvalue weighted by atomic mass is 32.1. The Morgan fingerprint density at radius 3 is 3.00 bits per heavy atom. The van der Waals surface area contributed by atoms with Crippen LogP contribution >= 0.6 is 11.3 Å². The van der Waals surface area contributed by atoms with E-state index in [0.29, 0.717) is 19.1 Å². The molecule has 1 aliphatic heterocycles. The van der Waals surface area contributed by atoms with Crippen LogP contribution in [-0.4, -0.2) is 41.3 Å². The van der Waals surface area contributed by atoms with Crippen LogP contribution in [0.4, 0.5) is 4.79 Å². The number of likely N-dealkylation sites (tertiary alicyclic amines) is 1. The van der Waals surface area contributed by atoms with Gasteiger partial charge >= 0.3 is 6.09 Å². The van der Waals surface area contributed by atoms with Gasteiger partial charge in [-0.05, 0) is 33.6 Å². The van der Waals surface area contributed by atoms with Crippen LogP contribution in [0.5, 0.6) is 0 Å². The minimum Gasteiger partial charge on any atom is -0.444 e. The molecule has 1 fully saturated rings. The van der Waals surface area contributed by atoms with E-state index in [9.17, 15) is 4.79 Å². The van der Waals surface area contributed by atoms with Crippen molar-refractivity contribution in [3.8, 4) is 0 Å². The second kappa shape index (κ2) is 7.22. The average molecular weight is 312 g/mol. The first-order valence-electron chi connectivity index (χ1n) is 7.37. The fourth-order valence-electron chi connectivity index (χ4n) is 2.33. The number of amides is 1. The Hall–Kier alpha value is -1.14. The van der Waals surface area contributed by atoms with Crippen molar-refractivity contribution in [1.29, 1.82) is 0 Å². The quantitative estimate of drug-likeness (QED) is 0.856. The standard InChI is InChI=1S/C15H24N2O3S/c1-15(2,3)20-14(18)17-6-4-5-12(8-17)9-19-10-13-7-16-11-21-13/h7,11-12H,4-6,8-10H2,1-3H3/t12-/m1/s1. The summed E-state index contributed by atoms with van der Waals surface area (Å²) in [5.74, 6) is 0.388. The topological polar surface area (TPSA) is 51.7 Å². The molecule has 1 aliphatic rings. The molecule has 1 saturated heterocycles. The highest BCUT2D eigenvalue weighted by molar-refractivity contribution is 7.09. The number of aromatic nitrogens is 1. The number of piperidine rings is 1. The van der Waals surface area contributed by atoms with Crippen molar-refractivity contribution >= 4 is 17.4 Å². The monoisotopic (exact) mass is 312 g/mol. The zero-order valence-electron chi connectivity index (χ0n) is 13.0. The third-order valence-electron chi connectivity index (χ3n) is 3.25. The summed E-state index contributed by atoms with van der Waals surface area (Å²) in [5, 5.41) is 0. The van der Waals surface area contributed by atoms with Crippen molar-refractivity contribution in [1.82, 2.24) is 9.88 Å². The summed E-state index contributed by atoms with van der Waals surface area (Å²) in [6, 6.07) is 0. The Bertz CT molecular complexity index is 442. The highest BCUT2D eigenvalue weighted by Crippen LogP contribution is 2.20. The van der Waals surface area contributed by atoms with Gasteiger partial charge in [0.2, 0.25) is 0 Å². The number of nitrogens with zero attached hydrogens (tertiary/aromatic N) is 2. The van der Waals surface area contributed by atoms with Crippen molar-refractivity contribution in [3.05, 3.63) is 16.6 Å². The molecule has 1 aromatic heterocycles. The lowest BCUT2D eigenvalue weighted by molar-refractivity contribution is 0.00612. The summed E-state index contributed by atoms with van der Waals surface area (Å²) in [5.41, 5.74) is 1.37. The number of thiazole rings is 1. The first-order valence-corrected chi connectivity index (χ1v) is 8.25. The van der Waals surface area contributed by atoms with Gasteiger partial charge in [-0.25, -0.2) is 4.79 Å². The molecule has 1 atom stereocenters. The van der Waals surface area contributed by atoms with Gasteiger partial charge in [0.05, 0.1) is 23.6 Å². The van der Waals surface area contributed by atoms with Gasteiger partial charge in [0.25, 0.3) is 0 Å². The Kier molecular flexibility index (Phi) is 5.58. The Balaban J connectivity index is 1.74. The maximum absolute atomic E-state index is 12.1. The summed E-state index contributed by atoms with van der Waals surface area (Å²) in [6.07, 6.45) is 3.73. The molecule has 6 heteroatoms. The van der Waals surface area contributed by atoms with E-state index in [1.165, 1.54) is 0 Å². The Morgan fingerprint density at radius 1 is 1.52 bits per heavy atom. The van der Waals surface area contributed by atoms with E-state index in [4.69, 9.17) is 9.47 Å². The molecule has 0 radical (unpaired) electrons. The maximum Gasteiger partial charge on any atom is 0.410 e. The van der Waals surface area contributed by atoms with Crippen molar-refractivity contribution in [2.24, 2.45) is 5.92 Å². The van der Waals surface area contributed by atoms with E-state index < -0.39 is 5.60 Å². The molecule has 0 unspecified atom stereocenters. The van der Waals surface area contributed by atoms with Crippen molar-refractivity contribution in [2.45, 2.75) is 45.8 Å². The largest absolute Gasteiger partial charge is 0.444 e. The van der Waals surface area contributed by atoms with Gasteiger partial charge in [-0.3, -0.25) is 4.98 Å². The first kappa shape index (κ1) is 16.2. The van der Waals surface area contributed by atoms with Crippen molar-refractivity contribution in [3.63, 3.8) is 0 Å². The number of carbonyl (C=O) groups excluding carboxylic acids is 1. The lowest BCUT2D eigenvalue weighted by atomic mass is 9.99. The van der Waals surface area contributed by atoms with E-state index in [-0.39, 0.29) is 6.09 Å². The number of rotatable bonds is 4. The van der Waals surface area contributed by atoms with Crippen LogP contribution in [0.1, 0.15) is 38.5 Å².